The summed E-state index contributed by atoms with van der Waals surface area (Å²) in [6, 6.07) is 21.8. The van der Waals surface area contributed by atoms with Crippen LogP contribution in [-0.4, -0.2) is 29.9 Å². The average Bonchev–Trinajstić information content (AvgIpc) is 2.70. The van der Waals surface area contributed by atoms with E-state index in [1.165, 1.54) is 11.8 Å². The quantitative estimate of drug-likeness (QED) is 0.624. The van der Waals surface area contributed by atoms with E-state index in [0.29, 0.717) is 6.54 Å². The van der Waals surface area contributed by atoms with E-state index in [0.717, 1.165) is 27.7 Å². The molecule has 1 N–H and O–H groups in total. The van der Waals surface area contributed by atoms with Crippen molar-refractivity contribution in [2.24, 2.45) is 0 Å². The third kappa shape index (κ3) is 5.14. The molecule has 0 aromatic heterocycles. The Morgan fingerprint density at radius 2 is 1.64 bits per heavy atom. The molecule has 0 heterocycles. The van der Waals surface area contributed by atoms with Crippen molar-refractivity contribution in [2.75, 3.05) is 28.3 Å². The summed E-state index contributed by atoms with van der Waals surface area (Å²) in [7, 11) is 0. The van der Waals surface area contributed by atoms with Crippen LogP contribution in [-0.2, 0) is 9.59 Å². The highest BCUT2D eigenvalue weighted by atomic mass is 32.2. The largest absolute Gasteiger partial charge is 0.325 e. The molecule has 5 heteroatoms. The molecule has 0 aliphatic carbocycles. The Kier molecular flexibility index (Phi) is 6.71. The lowest BCUT2D eigenvalue weighted by atomic mass is 10.1. The molecule has 144 valence electrons. The van der Waals surface area contributed by atoms with E-state index in [9.17, 15) is 9.59 Å². The molecule has 3 aromatic rings. The van der Waals surface area contributed by atoms with Crippen molar-refractivity contribution in [3.05, 3.63) is 72.3 Å². The van der Waals surface area contributed by atoms with Gasteiger partial charge in [-0.1, -0.05) is 48.0 Å². The highest BCUT2D eigenvalue weighted by Gasteiger charge is 2.15. The number of thioether (sulfide) groups is 1. The second-order valence-corrected chi connectivity index (χ2v) is 7.56. The number of hydrogen-bond acceptors (Lipinski definition) is 3. The molecule has 3 aromatic carbocycles. The van der Waals surface area contributed by atoms with Gasteiger partial charge in [0.05, 0.1) is 11.5 Å². The fourth-order valence-corrected chi connectivity index (χ4v) is 3.68. The maximum absolute atomic E-state index is 12.7. The molecule has 0 spiro atoms. The fourth-order valence-electron chi connectivity index (χ4n) is 2.99. The Hall–Kier alpha value is -2.79. The summed E-state index contributed by atoms with van der Waals surface area (Å²) in [6.45, 7) is 4.55. The summed E-state index contributed by atoms with van der Waals surface area (Å²) in [6.07, 6.45) is 0. The predicted molar refractivity (Wildman–Crippen MR) is 119 cm³/mol. The first-order chi connectivity index (χ1) is 13.6. The summed E-state index contributed by atoms with van der Waals surface area (Å²) >= 11 is 1.33. The van der Waals surface area contributed by atoms with Gasteiger partial charge in [0.1, 0.15) is 0 Å². The number of anilines is 2. The number of carbonyl (C=O) groups is 2. The second kappa shape index (κ2) is 9.42. The van der Waals surface area contributed by atoms with Crippen molar-refractivity contribution in [2.45, 2.75) is 13.8 Å². The van der Waals surface area contributed by atoms with E-state index in [4.69, 9.17) is 0 Å². The topological polar surface area (TPSA) is 49.4 Å². The van der Waals surface area contributed by atoms with Crippen molar-refractivity contribution in [1.29, 1.82) is 0 Å². The van der Waals surface area contributed by atoms with Crippen molar-refractivity contribution < 1.29 is 9.59 Å². The minimum absolute atomic E-state index is 0.00548. The molecular formula is C23H24N2O2S. The van der Waals surface area contributed by atoms with Crippen LogP contribution in [0.4, 0.5) is 11.4 Å². The number of carbonyl (C=O) groups excluding carboxylic acids is 2. The zero-order valence-corrected chi connectivity index (χ0v) is 17.0. The zero-order chi connectivity index (χ0) is 19.9. The highest BCUT2D eigenvalue weighted by molar-refractivity contribution is 8.00. The molecule has 0 atom stereocenters. The molecule has 2 amide bonds. The summed E-state index contributed by atoms with van der Waals surface area (Å²) in [4.78, 5) is 26.5. The van der Waals surface area contributed by atoms with E-state index < -0.39 is 0 Å². The monoisotopic (exact) mass is 392 g/mol. The van der Waals surface area contributed by atoms with Crippen LogP contribution in [0.15, 0.2) is 66.7 Å². The van der Waals surface area contributed by atoms with Gasteiger partial charge in [-0.25, -0.2) is 0 Å². The molecule has 0 aliphatic heterocycles. The van der Waals surface area contributed by atoms with Crippen LogP contribution in [0.1, 0.15) is 12.5 Å². The van der Waals surface area contributed by atoms with Crippen LogP contribution in [0.2, 0.25) is 0 Å². The molecule has 28 heavy (non-hydrogen) atoms. The summed E-state index contributed by atoms with van der Waals surface area (Å²) < 4.78 is 0. The summed E-state index contributed by atoms with van der Waals surface area (Å²) in [5.74, 6) is 0.415. The van der Waals surface area contributed by atoms with Gasteiger partial charge in [-0.2, -0.15) is 0 Å². The summed E-state index contributed by atoms with van der Waals surface area (Å²) in [5.41, 5.74) is 2.80. The van der Waals surface area contributed by atoms with Gasteiger partial charge in [0.2, 0.25) is 11.8 Å². The van der Waals surface area contributed by atoms with Crippen molar-refractivity contribution in [1.82, 2.24) is 0 Å². The van der Waals surface area contributed by atoms with Gasteiger partial charge in [0, 0.05) is 17.9 Å². The van der Waals surface area contributed by atoms with Crippen molar-refractivity contribution in [3.8, 4) is 0 Å². The van der Waals surface area contributed by atoms with Crippen molar-refractivity contribution in [3.63, 3.8) is 0 Å². The zero-order valence-electron chi connectivity index (χ0n) is 16.1. The van der Waals surface area contributed by atoms with Crippen LogP contribution in [0.3, 0.4) is 0 Å². The molecule has 0 unspecified atom stereocenters. The molecular weight excluding hydrogens is 368 g/mol. The highest BCUT2D eigenvalue weighted by Crippen LogP contribution is 2.23. The number of hydrogen-bond donors (Lipinski definition) is 1. The lowest BCUT2D eigenvalue weighted by Crippen LogP contribution is -2.32. The summed E-state index contributed by atoms with van der Waals surface area (Å²) in [5, 5.41) is 5.11. The SMILES string of the molecule is CCN(C(=O)CSCC(=O)Nc1ccc(C)cc1)c1ccc2ccccc2c1. The molecule has 4 nitrogen and oxygen atoms in total. The number of aryl methyl sites for hydroxylation is 1. The number of nitrogens with one attached hydrogen (secondary N) is 1. The van der Waals surface area contributed by atoms with Gasteiger partial charge < -0.3 is 10.2 Å². The van der Waals surface area contributed by atoms with Gasteiger partial charge in [-0.3, -0.25) is 9.59 Å². The van der Waals surface area contributed by atoms with Crippen molar-refractivity contribution >= 4 is 45.7 Å². The normalized spacial score (nSPS) is 10.6. The first-order valence-corrected chi connectivity index (χ1v) is 10.5. The third-order valence-electron chi connectivity index (χ3n) is 4.46. The molecule has 0 aliphatic rings. The minimum atomic E-state index is -0.101. The van der Waals surface area contributed by atoms with Gasteiger partial charge in [0.15, 0.2) is 0 Å². The Balaban J connectivity index is 1.54. The molecule has 0 bridgehead atoms. The van der Waals surface area contributed by atoms with E-state index in [-0.39, 0.29) is 23.3 Å². The number of amides is 2. The molecule has 0 saturated carbocycles. The Bertz CT molecular complexity index is 970. The molecule has 3 rings (SSSR count). The van der Waals surface area contributed by atoms with E-state index in [2.05, 4.69) is 11.4 Å². The van der Waals surface area contributed by atoms with Crippen LogP contribution >= 0.6 is 11.8 Å². The lowest BCUT2D eigenvalue weighted by Gasteiger charge is -2.21. The first-order valence-electron chi connectivity index (χ1n) is 9.30. The number of rotatable bonds is 7. The lowest BCUT2D eigenvalue weighted by molar-refractivity contribution is -0.116. The van der Waals surface area contributed by atoms with Gasteiger partial charge in [-0.15, -0.1) is 11.8 Å². The van der Waals surface area contributed by atoms with E-state index in [1.807, 2.05) is 74.5 Å². The van der Waals surface area contributed by atoms with Gasteiger partial charge in [0.25, 0.3) is 0 Å². The Morgan fingerprint density at radius 3 is 2.36 bits per heavy atom. The smallest absolute Gasteiger partial charge is 0.236 e. The second-order valence-electron chi connectivity index (χ2n) is 6.58. The Morgan fingerprint density at radius 1 is 0.929 bits per heavy atom. The molecule has 0 saturated heterocycles. The maximum Gasteiger partial charge on any atom is 0.236 e. The van der Waals surface area contributed by atoms with Crippen LogP contribution in [0.25, 0.3) is 10.8 Å². The number of fused-ring (bicyclic) bond motifs is 1. The van der Waals surface area contributed by atoms with Crippen LogP contribution < -0.4 is 10.2 Å². The maximum atomic E-state index is 12.7. The Labute approximate surface area is 169 Å². The third-order valence-corrected chi connectivity index (χ3v) is 5.37. The van der Waals surface area contributed by atoms with Gasteiger partial charge in [-0.05, 0) is 48.9 Å². The van der Waals surface area contributed by atoms with E-state index >= 15 is 0 Å². The van der Waals surface area contributed by atoms with Crippen LogP contribution in [0.5, 0.6) is 0 Å². The number of benzene rings is 3. The minimum Gasteiger partial charge on any atom is -0.325 e. The van der Waals surface area contributed by atoms with E-state index in [1.54, 1.807) is 4.90 Å². The van der Waals surface area contributed by atoms with Gasteiger partial charge >= 0.3 is 0 Å². The standard InChI is InChI=1S/C23H24N2O2S/c1-3-25(21-13-10-18-6-4-5-7-19(18)14-21)23(27)16-28-15-22(26)24-20-11-8-17(2)9-12-20/h4-14H,3,15-16H2,1-2H3,(H,24,26). The first kappa shape index (κ1) is 20.0. The molecule has 0 radical (unpaired) electrons. The van der Waals surface area contributed by atoms with Crippen LogP contribution in [0, 0.1) is 6.92 Å². The fraction of sp³-hybridized carbons (Fsp3) is 0.217. The predicted octanol–water partition coefficient (Wildman–Crippen LogP) is 4.87. The average molecular weight is 393 g/mol. The number of nitrogens with zero attached hydrogens (tertiary/aromatic N) is 1. The molecule has 0 fully saturated rings.